The van der Waals surface area contributed by atoms with Gasteiger partial charge in [-0.2, -0.15) is 0 Å². The number of carbonyl (C=O) groups is 2. The van der Waals surface area contributed by atoms with E-state index in [1.54, 1.807) is 4.90 Å². The Morgan fingerprint density at radius 2 is 1.84 bits per heavy atom. The molecule has 0 saturated carbocycles. The van der Waals surface area contributed by atoms with Crippen LogP contribution in [0.15, 0.2) is 0 Å². The Balaban J connectivity index is 2.25. The van der Waals surface area contributed by atoms with E-state index in [0.29, 0.717) is 25.4 Å². The lowest BCUT2D eigenvalue weighted by molar-refractivity contribution is 0.0172. The second-order valence-electron chi connectivity index (χ2n) is 5.81. The summed E-state index contributed by atoms with van der Waals surface area (Å²) in [6.07, 6.45) is 0.942. The van der Waals surface area contributed by atoms with Crippen LogP contribution < -0.4 is 0 Å². The lowest BCUT2D eigenvalue weighted by atomic mass is 9.94. The molecule has 1 fully saturated rings. The number of ether oxygens (including phenoxy) is 2. The summed E-state index contributed by atoms with van der Waals surface area (Å²) in [4.78, 5) is 23.8. The van der Waals surface area contributed by atoms with Gasteiger partial charge in [-0.25, -0.2) is 9.59 Å². The Hall–Kier alpha value is -1.46. The van der Waals surface area contributed by atoms with Crippen LogP contribution in [0.4, 0.5) is 9.59 Å². The monoisotopic (exact) mass is 273 g/mol. The number of nitrogens with zero attached hydrogens (tertiary/aromatic N) is 1. The zero-order chi connectivity index (χ0) is 14.5. The van der Waals surface area contributed by atoms with Gasteiger partial charge in [-0.1, -0.05) is 0 Å². The van der Waals surface area contributed by atoms with Gasteiger partial charge >= 0.3 is 12.2 Å². The molecular formula is C13H23NO5. The van der Waals surface area contributed by atoms with E-state index in [1.807, 2.05) is 20.8 Å². The van der Waals surface area contributed by atoms with E-state index in [1.165, 1.54) is 0 Å². The number of piperidine rings is 1. The maximum atomic E-state index is 11.8. The molecule has 0 aliphatic carbocycles. The zero-order valence-corrected chi connectivity index (χ0v) is 11.8. The summed E-state index contributed by atoms with van der Waals surface area (Å²) in [7, 11) is 0. The molecule has 19 heavy (non-hydrogen) atoms. The van der Waals surface area contributed by atoms with Crippen molar-refractivity contribution in [1.29, 1.82) is 0 Å². The number of carbonyl (C=O) groups excluding carboxylic acids is 1. The topological polar surface area (TPSA) is 76.1 Å². The first-order chi connectivity index (χ1) is 8.78. The van der Waals surface area contributed by atoms with Gasteiger partial charge in [-0.05, 0) is 46.0 Å². The van der Waals surface area contributed by atoms with Crippen LogP contribution >= 0.6 is 0 Å². The fourth-order valence-corrected chi connectivity index (χ4v) is 2.04. The summed E-state index contributed by atoms with van der Waals surface area (Å²) >= 11 is 0. The number of carboxylic acid groups (broad SMARTS) is 1. The predicted molar refractivity (Wildman–Crippen MR) is 69.1 cm³/mol. The van der Waals surface area contributed by atoms with Crippen molar-refractivity contribution in [3.05, 3.63) is 0 Å². The van der Waals surface area contributed by atoms with Gasteiger partial charge < -0.3 is 19.5 Å². The Labute approximate surface area is 113 Å². The average Bonchev–Trinajstić information content (AvgIpc) is 2.27. The van der Waals surface area contributed by atoms with Crippen LogP contribution in [0.25, 0.3) is 0 Å². The Bertz CT molecular complexity index is 315. The normalized spacial score (nSPS) is 17.1. The molecule has 0 bridgehead atoms. The fourth-order valence-electron chi connectivity index (χ4n) is 2.04. The van der Waals surface area contributed by atoms with Crippen LogP contribution in [0, 0.1) is 5.92 Å². The highest BCUT2D eigenvalue weighted by atomic mass is 16.7. The first-order valence-electron chi connectivity index (χ1n) is 6.61. The number of amides is 1. The van der Waals surface area contributed by atoms with Gasteiger partial charge in [-0.15, -0.1) is 0 Å². The smallest absolute Gasteiger partial charge is 0.450 e. The third kappa shape index (κ3) is 6.31. The van der Waals surface area contributed by atoms with Crippen molar-refractivity contribution in [1.82, 2.24) is 4.90 Å². The SMILES string of the molecule is CC(C)(C)OC(=O)N1CCC(CCOC(=O)O)CC1. The molecule has 0 aromatic rings. The summed E-state index contributed by atoms with van der Waals surface area (Å²) in [5, 5.41) is 8.37. The molecule has 1 amide bonds. The van der Waals surface area contributed by atoms with Crippen molar-refractivity contribution < 1.29 is 24.2 Å². The lowest BCUT2D eigenvalue weighted by Crippen LogP contribution is -2.41. The summed E-state index contributed by atoms with van der Waals surface area (Å²) < 4.78 is 9.81. The van der Waals surface area contributed by atoms with E-state index in [9.17, 15) is 9.59 Å². The molecule has 0 unspecified atom stereocenters. The molecule has 1 heterocycles. The van der Waals surface area contributed by atoms with E-state index in [-0.39, 0.29) is 12.7 Å². The molecule has 110 valence electrons. The van der Waals surface area contributed by atoms with E-state index < -0.39 is 11.8 Å². The van der Waals surface area contributed by atoms with Crippen molar-refractivity contribution >= 4 is 12.2 Å². The second kappa shape index (κ2) is 6.63. The van der Waals surface area contributed by atoms with Crippen molar-refractivity contribution in [2.24, 2.45) is 5.92 Å². The predicted octanol–water partition coefficient (Wildman–Crippen LogP) is 2.72. The summed E-state index contributed by atoms with van der Waals surface area (Å²) in [6, 6.07) is 0. The molecule has 1 aliphatic heterocycles. The van der Waals surface area contributed by atoms with Crippen LogP contribution in [0.5, 0.6) is 0 Å². The molecule has 0 atom stereocenters. The number of hydrogen-bond acceptors (Lipinski definition) is 4. The summed E-state index contributed by atoms with van der Waals surface area (Å²) in [6.45, 7) is 7.09. The zero-order valence-electron chi connectivity index (χ0n) is 11.8. The first kappa shape index (κ1) is 15.6. The van der Waals surface area contributed by atoms with E-state index >= 15 is 0 Å². The van der Waals surface area contributed by atoms with E-state index in [4.69, 9.17) is 9.84 Å². The first-order valence-corrected chi connectivity index (χ1v) is 6.61. The van der Waals surface area contributed by atoms with Crippen LogP contribution in [0.2, 0.25) is 0 Å². The van der Waals surface area contributed by atoms with Crippen molar-refractivity contribution in [2.45, 2.75) is 45.6 Å². The van der Waals surface area contributed by atoms with Gasteiger partial charge in [0.2, 0.25) is 0 Å². The minimum Gasteiger partial charge on any atom is -0.450 e. The van der Waals surface area contributed by atoms with Crippen LogP contribution in [-0.2, 0) is 9.47 Å². The third-order valence-electron chi connectivity index (χ3n) is 3.02. The van der Waals surface area contributed by atoms with Gasteiger partial charge in [0.1, 0.15) is 5.60 Å². The molecule has 1 rings (SSSR count). The lowest BCUT2D eigenvalue weighted by Gasteiger charge is -2.33. The Morgan fingerprint density at radius 3 is 2.32 bits per heavy atom. The van der Waals surface area contributed by atoms with Gasteiger partial charge in [0.25, 0.3) is 0 Å². The molecule has 6 nitrogen and oxygen atoms in total. The van der Waals surface area contributed by atoms with Crippen molar-refractivity contribution in [2.75, 3.05) is 19.7 Å². The number of rotatable bonds is 3. The maximum absolute atomic E-state index is 11.8. The van der Waals surface area contributed by atoms with Crippen LogP contribution in [0.3, 0.4) is 0 Å². The highest BCUT2D eigenvalue weighted by molar-refractivity contribution is 5.68. The van der Waals surface area contributed by atoms with E-state index in [2.05, 4.69) is 4.74 Å². The van der Waals surface area contributed by atoms with Gasteiger partial charge in [0.15, 0.2) is 0 Å². The summed E-state index contributed by atoms with van der Waals surface area (Å²) in [5.74, 6) is 0.415. The molecule has 6 heteroatoms. The largest absolute Gasteiger partial charge is 0.505 e. The molecule has 1 N–H and O–H groups in total. The molecular weight excluding hydrogens is 250 g/mol. The Morgan fingerprint density at radius 1 is 1.26 bits per heavy atom. The van der Waals surface area contributed by atoms with E-state index in [0.717, 1.165) is 12.8 Å². The second-order valence-corrected chi connectivity index (χ2v) is 5.81. The minimum atomic E-state index is -1.23. The molecule has 0 aromatic heterocycles. The van der Waals surface area contributed by atoms with Gasteiger partial charge in [-0.3, -0.25) is 0 Å². The molecule has 0 radical (unpaired) electrons. The standard InChI is InChI=1S/C13H23NO5/c1-13(2,3)19-11(15)14-7-4-10(5-8-14)6-9-18-12(16)17/h10H,4-9H2,1-3H3,(H,16,17). The highest BCUT2D eigenvalue weighted by Gasteiger charge is 2.26. The average molecular weight is 273 g/mol. The molecule has 0 aromatic carbocycles. The third-order valence-corrected chi connectivity index (χ3v) is 3.02. The van der Waals surface area contributed by atoms with Gasteiger partial charge in [0.05, 0.1) is 6.61 Å². The summed E-state index contributed by atoms with van der Waals surface area (Å²) in [5.41, 5.74) is -0.469. The minimum absolute atomic E-state index is 0.229. The highest BCUT2D eigenvalue weighted by Crippen LogP contribution is 2.22. The van der Waals surface area contributed by atoms with Crippen LogP contribution in [0.1, 0.15) is 40.0 Å². The molecule has 0 spiro atoms. The number of hydrogen-bond donors (Lipinski definition) is 1. The van der Waals surface area contributed by atoms with Crippen molar-refractivity contribution in [3.63, 3.8) is 0 Å². The number of likely N-dealkylation sites (tertiary alicyclic amines) is 1. The quantitative estimate of drug-likeness (QED) is 0.800. The Kier molecular flexibility index (Phi) is 5.44. The maximum Gasteiger partial charge on any atom is 0.505 e. The molecule has 1 saturated heterocycles. The van der Waals surface area contributed by atoms with Crippen molar-refractivity contribution in [3.8, 4) is 0 Å². The van der Waals surface area contributed by atoms with Gasteiger partial charge in [0, 0.05) is 13.1 Å². The fraction of sp³-hybridized carbons (Fsp3) is 0.846. The van der Waals surface area contributed by atoms with Crippen LogP contribution in [-0.4, -0.2) is 47.6 Å². The molecule has 1 aliphatic rings.